The minimum atomic E-state index is -3.64. The third-order valence-electron chi connectivity index (χ3n) is 3.99. The first-order chi connectivity index (χ1) is 11.9. The second-order valence-electron chi connectivity index (χ2n) is 6.02. The molecule has 0 aliphatic carbocycles. The van der Waals surface area contributed by atoms with E-state index in [0.29, 0.717) is 13.0 Å². The van der Waals surface area contributed by atoms with Crippen molar-refractivity contribution in [1.82, 2.24) is 23.8 Å². The minimum absolute atomic E-state index is 0.0546. The Morgan fingerprint density at radius 1 is 1.20 bits per heavy atom. The molecule has 2 aromatic rings. The Morgan fingerprint density at radius 2 is 1.92 bits per heavy atom. The quantitative estimate of drug-likeness (QED) is 0.754. The molecule has 10 heteroatoms. The molecule has 1 saturated heterocycles. The van der Waals surface area contributed by atoms with Crippen molar-refractivity contribution in [2.24, 2.45) is 0 Å². The van der Waals surface area contributed by atoms with Gasteiger partial charge in [-0.3, -0.25) is 0 Å². The summed E-state index contributed by atoms with van der Waals surface area (Å²) in [6.45, 7) is 4.53. The highest BCUT2D eigenvalue weighted by Gasteiger charge is 2.35. The lowest BCUT2D eigenvalue weighted by Crippen LogP contribution is -2.31. The third-order valence-corrected chi connectivity index (χ3v) is 5.74. The van der Waals surface area contributed by atoms with Gasteiger partial charge in [0.05, 0.1) is 20.0 Å². The Bertz CT molecular complexity index is 836. The standard InChI is InChI=1S/C15H21N5O4S/c1-11(2)19-9-13(18-10-19)25(21,22)20-7-4-12(8-20)24-15-14(23-3)16-5-6-17-15/h5-6,9-12H,4,7-8H2,1-3H3. The van der Waals surface area contributed by atoms with Crippen LogP contribution in [0.25, 0.3) is 0 Å². The number of nitrogens with zero attached hydrogens (tertiary/aromatic N) is 5. The predicted octanol–water partition coefficient (Wildman–Crippen LogP) is 1.10. The molecule has 2 aromatic heterocycles. The molecule has 0 N–H and O–H groups in total. The molecule has 3 rings (SSSR count). The summed E-state index contributed by atoms with van der Waals surface area (Å²) in [5.74, 6) is 0.540. The molecule has 9 nitrogen and oxygen atoms in total. The van der Waals surface area contributed by atoms with Gasteiger partial charge in [-0.1, -0.05) is 0 Å². The number of methoxy groups -OCH3 is 1. The summed E-state index contributed by atoms with van der Waals surface area (Å²) in [4.78, 5) is 12.1. The first-order valence-corrected chi connectivity index (χ1v) is 9.41. The lowest BCUT2D eigenvalue weighted by molar-refractivity contribution is 0.194. The van der Waals surface area contributed by atoms with Crippen LogP contribution < -0.4 is 9.47 Å². The molecule has 1 aliphatic heterocycles. The average Bonchev–Trinajstić information content (AvgIpc) is 3.25. The molecule has 136 valence electrons. The van der Waals surface area contributed by atoms with Crippen molar-refractivity contribution in [3.05, 3.63) is 24.9 Å². The number of hydrogen-bond acceptors (Lipinski definition) is 7. The van der Waals surface area contributed by atoms with Crippen LogP contribution in [0.15, 0.2) is 29.9 Å². The first kappa shape index (κ1) is 17.6. The minimum Gasteiger partial charge on any atom is -0.477 e. The number of ether oxygens (including phenoxy) is 2. The fourth-order valence-corrected chi connectivity index (χ4v) is 3.98. The first-order valence-electron chi connectivity index (χ1n) is 7.97. The molecule has 0 spiro atoms. The van der Waals surface area contributed by atoms with Crippen molar-refractivity contribution in [3.8, 4) is 11.8 Å². The Hall–Kier alpha value is -2.20. The highest BCUT2D eigenvalue weighted by molar-refractivity contribution is 7.89. The summed E-state index contributed by atoms with van der Waals surface area (Å²) in [6.07, 6.45) is 6.34. The average molecular weight is 367 g/mol. The van der Waals surface area contributed by atoms with E-state index in [1.165, 1.54) is 30.1 Å². The van der Waals surface area contributed by atoms with Crippen LogP contribution in [-0.2, 0) is 10.0 Å². The third kappa shape index (κ3) is 3.59. The molecule has 3 heterocycles. The van der Waals surface area contributed by atoms with Crippen molar-refractivity contribution in [2.45, 2.75) is 37.4 Å². The van der Waals surface area contributed by atoms with Crippen LogP contribution in [0.3, 0.4) is 0 Å². The highest BCUT2D eigenvalue weighted by Crippen LogP contribution is 2.26. The zero-order chi connectivity index (χ0) is 18.0. The van der Waals surface area contributed by atoms with Crippen LogP contribution in [0.5, 0.6) is 11.8 Å². The fraction of sp³-hybridized carbons (Fsp3) is 0.533. The van der Waals surface area contributed by atoms with E-state index >= 15 is 0 Å². The van der Waals surface area contributed by atoms with Gasteiger partial charge in [0.2, 0.25) is 0 Å². The Balaban J connectivity index is 1.71. The smallest absolute Gasteiger partial charge is 0.278 e. The Kier molecular flexibility index (Phi) is 4.91. The van der Waals surface area contributed by atoms with Crippen LogP contribution in [0.1, 0.15) is 26.3 Å². The molecule has 0 aromatic carbocycles. The van der Waals surface area contributed by atoms with E-state index in [1.807, 2.05) is 13.8 Å². The second-order valence-corrected chi connectivity index (χ2v) is 7.90. The molecule has 1 aliphatic rings. The van der Waals surface area contributed by atoms with E-state index in [1.54, 1.807) is 10.8 Å². The summed E-state index contributed by atoms with van der Waals surface area (Å²) >= 11 is 0. The van der Waals surface area contributed by atoms with Gasteiger partial charge in [-0.05, 0) is 20.3 Å². The molecule has 0 amide bonds. The van der Waals surface area contributed by atoms with Gasteiger partial charge in [-0.2, -0.15) is 4.31 Å². The molecule has 25 heavy (non-hydrogen) atoms. The van der Waals surface area contributed by atoms with Gasteiger partial charge in [0.15, 0.2) is 5.03 Å². The molecule has 0 saturated carbocycles. The zero-order valence-corrected chi connectivity index (χ0v) is 15.2. The molecule has 1 unspecified atom stereocenters. The van der Waals surface area contributed by atoms with Crippen molar-refractivity contribution >= 4 is 10.0 Å². The Labute approximate surface area is 146 Å². The SMILES string of the molecule is COc1nccnc1OC1CCN(S(=O)(=O)c2cn(C(C)C)cn2)C1. The van der Waals surface area contributed by atoms with Gasteiger partial charge in [0, 0.05) is 31.2 Å². The van der Waals surface area contributed by atoms with Crippen molar-refractivity contribution < 1.29 is 17.9 Å². The summed E-state index contributed by atoms with van der Waals surface area (Å²) in [5, 5.41) is 0.0546. The maximum Gasteiger partial charge on any atom is 0.278 e. The number of rotatable bonds is 6. The van der Waals surface area contributed by atoms with Crippen LogP contribution in [0.4, 0.5) is 0 Å². The van der Waals surface area contributed by atoms with E-state index in [-0.39, 0.29) is 35.5 Å². The Morgan fingerprint density at radius 3 is 2.56 bits per heavy atom. The van der Waals surface area contributed by atoms with Gasteiger partial charge in [0.25, 0.3) is 21.8 Å². The maximum atomic E-state index is 12.7. The summed E-state index contributed by atoms with van der Waals surface area (Å²) in [5.41, 5.74) is 0. The molecule has 1 atom stereocenters. The van der Waals surface area contributed by atoms with Crippen LogP contribution in [0.2, 0.25) is 0 Å². The molecule has 0 radical (unpaired) electrons. The van der Waals surface area contributed by atoms with Crippen molar-refractivity contribution in [3.63, 3.8) is 0 Å². The van der Waals surface area contributed by atoms with E-state index < -0.39 is 10.0 Å². The lowest BCUT2D eigenvalue weighted by Gasteiger charge is -2.16. The van der Waals surface area contributed by atoms with Crippen LogP contribution in [0, 0.1) is 0 Å². The molecular weight excluding hydrogens is 346 g/mol. The monoisotopic (exact) mass is 367 g/mol. The summed E-state index contributed by atoms with van der Waals surface area (Å²) in [6, 6.07) is 0.148. The maximum absolute atomic E-state index is 12.7. The zero-order valence-electron chi connectivity index (χ0n) is 14.4. The summed E-state index contributed by atoms with van der Waals surface area (Å²) < 4.78 is 39.5. The largest absolute Gasteiger partial charge is 0.477 e. The van der Waals surface area contributed by atoms with Crippen molar-refractivity contribution in [1.29, 1.82) is 0 Å². The lowest BCUT2D eigenvalue weighted by atomic mass is 10.3. The van der Waals surface area contributed by atoms with Gasteiger partial charge >= 0.3 is 0 Å². The van der Waals surface area contributed by atoms with Gasteiger partial charge in [0.1, 0.15) is 6.10 Å². The number of aromatic nitrogens is 4. The number of hydrogen-bond donors (Lipinski definition) is 0. The highest BCUT2D eigenvalue weighted by atomic mass is 32.2. The molecule has 1 fully saturated rings. The number of imidazole rings is 1. The fourth-order valence-electron chi connectivity index (χ4n) is 2.57. The van der Waals surface area contributed by atoms with E-state index in [2.05, 4.69) is 15.0 Å². The van der Waals surface area contributed by atoms with Gasteiger partial charge in [-0.15, -0.1) is 0 Å². The number of sulfonamides is 1. The second kappa shape index (κ2) is 6.96. The van der Waals surface area contributed by atoms with E-state index in [0.717, 1.165) is 0 Å². The van der Waals surface area contributed by atoms with E-state index in [9.17, 15) is 8.42 Å². The normalized spacial score (nSPS) is 18.6. The topological polar surface area (TPSA) is 99.4 Å². The van der Waals surface area contributed by atoms with Crippen LogP contribution >= 0.6 is 0 Å². The van der Waals surface area contributed by atoms with Crippen molar-refractivity contribution in [2.75, 3.05) is 20.2 Å². The van der Waals surface area contributed by atoms with Gasteiger partial charge in [-0.25, -0.2) is 23.4 Å². The molecular formula is C15H21N5O4S. The summed E-state index contributed by atoms with van der Waals surface area (Å²) in [7, 11) is -2.16. The van der Waals surface area contributed by atoms with Gasteiger partial charge < -0.3 is 14.0 Å². The predicted molar refractivity (Wildman–Crippen MR) is 89.0 cm³/mol. The van der Waals surface area contributed by atoms with E-state index in [4.69, 9.17) is 9.47 Å². The van der Waals surface area contributed by atoms with Crippen LogP contribution in [-0.4, -0.2) is 58.5 Å². The molecule has 0 bridgehead atoms.